The Morgan fingerprint density at radius 3 is 2.53 bits per heavy atom. The molecule has 0 amide bonds. The van der Waals surface area contributed by atoms with Crippen molar-refractivity contribution in [2.45, 2.75) is 0 Å². The topological polar surface area (TPSA) is 70.5 Å². The summed E-state index contributed by atoms with van der Waals surface area (Å²) < 4.78 is 15.4. The minimum absolute atomic E-state index is 0.286. The van der Waals surface area contributed by atoms with Crippen LogP contribution in [0.25, 0.3) is 11.3 Å². The average Bonchev–Trinajstić information content (AvgIpc) is 2.74. The summed E-state index contributed by atoms with van der Waals surface area (Å²) in [5.41, 5.74) is 6.10. The van der Waals surface area contributed by atoms with Crippen LogP contribution in [0.5, 0.6) is 11.5 Å². The summed E-state index contributed by atoms with van der Waals surface area (Å²) >= 11 is 6.15. The molecule has 0 saturated heterocycles. The number of nitrogens with zero attached hydrogens (tertiary/aromatic N) is 1. The van der Waals surface area contributed by atoms with Crippen molar-refractivity contribution in [2.24, 2.45) is 0 Å². The lowest BCUT2D eigenvalue weighted by molar-refractivity contribution is 0.391. The summed E-state index contributed by atoms with van der Waals surface area (Å²) in [6, 6.07) is 4.95. The van der Waals surface area contributed by atoms with Crippen LogP contribution in [0.15, 0.2) is 22.7 Å². The van der Waals surface area contributed by atoms with Crippen molar-refractivity contribution in [2.75, 3.05) is 20.0 Å². The Morgan fingerprint density at radius 2 is 2.00 bits per heavy atom. The molecular formula is C11H11ClN2O3. The molecule has 2 rings (SSSR count). The van der Waals surface area contributed by atoms with Crippen LogP contribution in [0.4, 0.5) is 5.82 Å². The molecule has 0 fully saturated rings. The molecule has 6 heteroatoms. The fourth-order valence-corrected chi connectivity index (χ4v) is 1.78. The lowest BCUT2D eigenvalue weighted by atomic mass is 10.1. The SMILES string of the molecule is COc1cc(Cl)c(-c2cc(N)no2)c(OC)c1. The quantitative estimate of drug-likeness (QED) is 0.912. The summed E-state index contributed by atoms with van der Waals surface area (Å²) in [5.74, 6) is 1.87. The van der Waals surface area contributed by atoms with Gasteiger partial charge >= 0.3 is 0 Å². The van der Waals surface area contributed by atoms with Gasteiger partial charge in [0, 0.05) is 12.1 Å². The second kappa shape index (κ2) is 4.55. The molecule has 1 heterocycles. The number of nitrogen functional groups attached to an aromatic ring is 1. The monoisotopic (exact) mass is 254 g/mol. The van der Waals surface area contributed by atoms with Gasteiger partial charge in [-0.2, -0.15) is 0 Å². The molecule has 0 aliphatic rings. The van der Waals surface area contributed by atoms with E-state index in [1.807, 2.05) is 0 Å². The highest BCUT2D eigenvalue weighted by molar-refractivity contribution is 6.33. The van der Waals surface area contributed by atoms with E-state index in [1.54, 1.807) is 25.3 Å². The van der Waals surface area contributed by atoms with E-state index in [4.69, 9.17) is 31.3 Å². The average molecular weight is 255 g/mol. The predicted octanol–water partition coefficient (Wildman–Crippen LogP) is 2.59. The highest BCUT2D eigenvalue weighted by Gasteiger charge is 2.17. The summed E-state index contributed by atoms with van der Waals surface area (Å²) in [7, 11) is 3.09. The Hall–Kier alpha value is -1.88. The van der Waals surface area contributed by atoms with E-state index in [1.165, 1.54) is 7.11 Å². The maximum Gasteiger partial charge on any atom is 0.174 e. The minimum Gasteiger partial charge on any atom is -0.497 e. The van der Waals surface area contributed by atoms with Gasteiger partial charge in [-0.1, -0.05) is 16.8 Å². The van der Waals surface area contributed by atoms with Crippen molar-refractivity contribution >= 4 is 17.4 Å². The summed E-state index contributed by atoms with van der Waals surface area (Å²) in [6.45, 7) is 0. The first-order chi connectivity index (χ1) is 8.15. The highest BCUT2D eigenvalue weighted by Crippen LogP contribution is 2.40. The first-order valence-corrected chi connectivity index (χ1v) is 5.17. The fourth-order valence-electron chi connectivity index (χ4n) is 1.48. The number of aromatic nitrogens is 1. The molecule has 90 valence electrons. The van der Waals surface area contributed by atoms with Crippen molar-refractivity contribution in [3.8, 4) is 22.8 Å². The number of hydrogen-bond donors (Lipinski definition) is 1. The van der Waals surface area contributed by atoms with Crippen LogP contribution in [0.2, 0.25) is 5.02 Å². The molecule has 2 N–H and O–H groups in total. The van der Waals surface area contributed by atoms with Crippen molar-refractivity contribution < 1.29 is 14.0 Å². The molecule has 1 aromatic carbocycles. The molecule has 0 aliphatic heterocycles. The summed E-state index contributed by atoms with van der Waals surface area (Å²) in [5, 5.41) is 4.05. The molecule has 0 saturated carbocycles. The van der Waals surface area contributed by atoms with Crippen LogP contribution < -0.4 is 15.2 Å². The number of ether oxygens (including phenoxy) is 2. The Morgan fingerprint density at radius 1 is 1.24 bits per heavy atom. The molecule has 0 bridgehead atoms. The maximum atomic E-state index is 6.15. The van der Waals surface area contributed by atoms with Crippen molar-refractivity contribution in [3.05, 3.63) is 23.2 Å². The van der Waals surface area contributed by atoms with Gasteiger partial charge in [0.25, 0.3) is 0 Å². The van der Waals surface area contributed by atoms with Gasteiger partial charge in [0.15, 0.2) is 11.6 Å². The minimum atomic E-state index is 0.286. The largest absolute Gasteiger partial charge is 0.497 e. The van der Waals surface area contributed by atoms with E-state index in [0.29, 0.717) is 27.8 Å². The number of nitrogens with two attached hydrogens (primary N) is 1. The molecule has 0 radical (unpaired) electrons. The van der Waals surface area contributed by atoms with E-state index in [-0.39, 0.29) is 5.82 Å². The Labute approximate surface area is 103 Å². The third-order valence-electron chi connectivity index (χ3n) is 2.26. The van der Waals surface area contributed by atoms with Gasteiger partial charge in [-0.25, -0.2) is 0 Å². The first kappa shape index (κ1) is 11.6. The van der Waals surface area contributed by atoms with Gasteiger partial charge in [-0.3, -0.25) is 0 Å². The van der Waals surface area contributed by atoms with E-state index >= 15 is 0 Å². The van der Waals surface area contributed by atoms with Gasteiger partial charge in [-0.15, -0.1) is 0 Å². The van der Waals surface area contributed by atoms with Gasteiger partial charge < -0.3 is 19.7 Å². The van der Waals surface area contributed by atoms with Gasteiger partial charge in [0.05, 0.1) is 24.8 Å². The zero-order valence-corrected chi connectivity index (χ0v) is 10.1. The second-order valence-electron chi connectivity index (χ2n) is 3.30. The molecule has 1 aromatic heterocycles. The third kappa shape index (κ3) is 2.14. The van der Waals surface area contributed by atoms with Crippen LogP contribution in [0.1, 0.15) is 0 Å². The molecule has 0 atom stereocenters. The van der Waals surface area contributed by atoms with Crippen LogP contribution >= 0.6 is 11.6 Å². The lowest BCUT2D eigenvalue weighted by Crippen LogP contribution is -1.91. The van der Waals surface area contributed by atoms with E-state index < -0.39 is 0 Å². The van der Waals surface area contributed by atoms with Crippen molar-refractivity contribution in [3.63, 3.8) is 0 Å². The van der Waals surface area contributed by atoms with Gasteiger partial charge in [0.1, 0.15) is 11.5 Å². The fraction of sp³-hybridized carbons (Fsp3) is 0.182. The second-order valence-corrected chi connectivity index (χ2v) is 3.71. The number of rotatable bonds is 3. The summed E-state index contributed by atoms with van der Waals surface area (Å²) in [6.07, 6.45) is 0. The Kier molecular flexibility index (Phi) is 3.10. The molecular weight excluding hydrogens is 244 g/mol. The Bertz CT molecular complexity index is 540. The zero-order valence-electron chi connectivity index (χ0n) is 9.36. The van der Waals surface area contributed by atoms with E-state index in [9.17, 15) is 0 Å². The lowest BCUT2D eigenvalue weighted by Gasteiger charge is -2.10. The van der Waals surface area contributed by atoms with Crippen molar-refractivity contribution in [1.29, 1.82) is 0 Å². The van der Waals surface area contributed by atoms with Crippen LogP contribution in [0, 0.1) is 0 Å². The van der Waals surface area contributed by atoms with Crippen LogP contribution in [-0.2, 0) is 0 Å². The smallest absolute Gasteiger partial charge is 0.174 e. The summed E-state index contributed by atoms with van der Waals surface area (Å²) in [4.78, 5) is 0. The number of benzene rings is 1. The molecule has 17 heavy (non-hydrogen) atoms. The standard InChI is InChI=1S/C11H11ClN2O3/c1-15-6-3-7(12)11(8(4-6)16-2)9-5-10(13)14-17-9/h3-5H,1-2H3,(H2,13,14). The van der Waals surface area contributed by atoms with Crippen LogP contribution in [0.3, 0.4) is 0 Å². The van der Waals surface area contributed by atoms with Gasteiger partial charge in [0.2, 0.25) is 0 Å². The molecule has 0 spiro atoms. The zero-order chi connectivity index (χ0) is 12.4. The van der Waals surface area contributed by atoms with Crippen molar-refractivity contribution in [1.82, 2.24) is 5.16 Å². The predicted molar refractivity (Wildman–Crippen MR) is 64.5 cm³/mol. The number of halogens is 1. The van der Waals surface area contributed by atoms with E-state index in [0.717, 1.165) is 0 Å². The Balaban J connectivity index is 2.60. The number of methoxy groups -OCH3 is 2. The van der Waals surface area contributed by atoms with Gasteiger partial charge in [-0.05, 0) is 6.07 Å². The van der Waals surface area contributed by atoms with E-state index in [2.05, 4.69) is 5.16 Å². The maximum absolute atomic E-state index is 6.15. The molecule has 0 aliphatic carbocycles. The molecule has 0 unspecified atom stereocenters. The normalized spacial score (nSPS) is 10.3. The highest BCUT2D eigenvalue weighted by atomic mass is 35.5. The number of hydrogen-bond acceptors (Lipinski definition) is 5. The third-order valence-corrected chi connectivity index (χ3v) is 2.56. The van der Waals surface area contributed by atoms with Crippen LogP contribution in [-0.4, -0.2) is 19.4 Å². The molecule has 5 nitrogen and oxygen atoms in total. The molecule has 2 aromatic rings. The first-order valence-electron chi connectivity index (χ1n) is 4.79. The number of anilines is 1.